The Morgan fingerprint density at radius 3 is 2.68 bits per heavy atom. The van der Waals surface area contributed by atoms with Gasteiger partial charge in [-0.05, 0) is 31.6 Å². The number of nitrogens with two attached hydrogens (primary N) is 1. The fourth-order valence-electron chi connectivity index (χ4n) is 2.89. The smallest absolute Gasteiger partial charge is 0.203 e. The van der Waals surface area contributed by atoms with Crippen LogP contribution in [0.25, 0.3) is 0 Å². The molecule has 0 amide bonds. The molecule has 5 heteroatoms. The lowest BCUT2D eigenvalue weighted by Crippen LogP contribution is -2.26. The summed E-state index contributed by atoms with van der Waals surface area (Å²) >= 11 is 0. The molecule has 0 aliphatic heterocycles. The van der Waals surface area contributed by atoms with Crippen molar-refractivity contribution in [3.05, 3.63) is 6.33 Å². The van der Waals surface area contributed by atoms with Crippen molar-refractivity contribution in [2.75, 3.05) is 18.2 Å². The maximum absolute atomic E-state index is 5.78. The zero-order chi connectivity index (χ0) is 13.7. The van der Waals surface area contributed by atoms with Crippen LogP contribution in [0.4, 0.5) is 11.6 Å². The van der Waals surface area contributed by atoms with Gasteiger partial charge in [0.2, 0.25) is 5.75 Å². The molecular formula is C14H24N4O. The van der Waals surface area contributed by atoms with Crippen molar-refractivity contribution in [2.24, 2.45) is 5.92 Å². The number of ether oxygens (including phenoxy) is 1. The molecule has 19 heavy (non-hydrogen) atoms. The predicted molar refractivity (Wildman–Crippen MR) is 77.3 cm³/mol. The van der Waals surface area contributed by atoms with E-state index < -0.39 is 0 Å². The SMILES string of the molecule is CCCC1CCC(Nc2ncnc(N)c2OC)CC1. The van der Waals surface area contributed by atoms with Crippen molar-refractivity contribution >= 4 is 11.6 Å². The van der Waals surface area contributed by atoms with Crippen LogP contribution in [0.3, 0.4) is 0 Å². The van der Waals surface area contributed by atoms with Crippen molar-refractivity contribution < 1.29 is 4.74 Å². The fourth-order valence-corrected chi connectivity index (χ4v) is 2.89. The third-order valence-corrected chi connectivity index (χ3v) is 3.92. The van der Waals surface area contributed by atoms with Gasteiger partial charge in [0, 0.05) is 6.04 Å². The normalized spacial score (nSPS) is 23.1. The van der Waals surface area contributed by atoms with Gasteiger partial charge in [-0.25, -0.2) is 9.97 Å². The molecule has 1 aliphatic carbocycles. The van der Waals surface area contributed by atoms with E-state index in [4.69, 9.17) is 10.5 Å². The first-order chi connectivity index (χ1) is 9.24. The first-order valence-corrected chi connectivity index (χ1v) is 7.15. The Morgan fingerprint density at radius 2 is 2.05 bits per heavy atom. The Bertz CT molecular complexity index is 402. The molecule has 5 nitrogen and oxygen atoms in total. The minimum absolute atomic E-state index is 0.389. The van der Waals surface area contributed by atoms with Crippen LogP contribution in [0.5, 0.6) is 5.75 Å². The van der Waals surface area contributed by atoms with E-state index in [1.165, 1.54) is 44.9 Å². The number of nitrogens with one attached hydrogen (secondary N) is 1. The summed E-state index contributed by atoms with van der Waals surface area (Å²) in [6.45, 7) is 2.26. The largest absolute Gasteiger partial charge is 0.490 e. The van der Waals surface area contributed by atoms with E-state index in [9.17, 15) is 0 Å². The molecule has 106 valence electrons. The number of methoxy groups -OCH3 is 1. The molecule has 2 rings (SSSR count). The van der Waals surface area contributed by atoms with Crippen LogP contribution >= 0.6 is 0 Å². The van der Waals surface area contributed by atoms with Crippen LogP contribution < -0.4 is 15.8 Å². The fraction of sp³-hybridized carbons (Fsp3) is 0.714. The molecule has 1 aromatic rings. The molecule has 1 fully saturated rings. The summed E-state index contributed by atoms with van der Waals surface area (Å²) in [7, 11) is 1.60. The van der Waals surface area contributed by atoms with Gasteiger partial charge in [-0.15, -0.1) is 0 Å². The summed E-state index contributed by atoms with van der Waals surface area (Å²) in [6.07, 6.45) is 9.11. The lowest BCUT2D eigenvalue weighted by Gasteiger charge is -2.29. The number of rotatable bonds is 5. The van der Waals surface area contributed by atoms with Crippen molar-refractivity contribution in [1.82, 2.24) is 9.97 Å². The van der Waals surface area contributed by atoms with Crippen LogP contribution in [0, 0.1) is 5.92 Å². The van der Waals surface area contributed by atoms with Crippen molar-refractivity contribution in [3.63, 3.8) is 0 Å². The van der Waals surface area contributed by atoms with Gasteiger partial charge < -0.3 is 15.8 Å². The van der Waals surface area contributed by atoms with Crippen molar-refractivity contribution in [2.45, 2.75) is 51.5 Å². The monoisotopic (exact) mass is 264 g/mol. The Kier molecular flexibility index (Phi) is 4.82. The number of hydrogen-bond donors (Lipinski definition) is 2. The van der Waals surface area contributed by atoms with Crippen LogP contribution in [-0.2, 0) is 0 Å². The summed E-state index contributed by atoms with van der Waals surface area (Å²) in [5.74, 6) is 2.56. The molecule has 3 N–H and O–H groups in total. The molecule has 0 radical (unpaired) electrons. The highest BCUT2D eigenvalue weighted by Crippen LogP contribution is 2.32. The lowest BCUT2D eigenvalue weighted by molar-refractivity contribution is 0.318. The number of nitrogens with zero attached hydrogens (tertiary/aromatic N) is 2. The van der Waals surface area contributed by atoms with Gasteiger partial charge in [0.25, 0.3) is 0 Å². The average molecular weight is 264 g/mol. The van der Waals surface area contributed by atoms with Crippen LogP contribution in [0.1, 0.15) is 45.4 Å². The zero-order valence-electron chi connectivity index (χ0n) is 11.9. The average Bonchev–Trinajstić information content (AvgIpc) is 2.42. The van der Waals surface area contributed by atoms with Gasteiger partial charge >= 0.3 is 0 Å². The zero-order valence-corrected chi connectivity index (χ0v) is 11.9. The molecule has 1 heterocycles. The van der Waals surface area contributed by atoms with Crippen molar-refractivity contribution in [1.29, 1.82) is 0 Å². The summed E-state index contributed by atoms with van der Waals surface area (Å²) in [5, 5.41) is 3.45. The predicted octanol–water partition coefficient (Wildman–Crippen LogP) is 2.84. The first kappa shape index (κ1) is 13.9. The van der Waals surface area contributed by atoms with Gasteiger partial charge in [0.15, 0.2) is 11.6 Å². The summed E-state index contributed by atoms with van der Waals surface area (Å²) < 4.78 is 5.26. The van der Waals surface area contributed by atoms with E-state index in [2.05, 4.69) is 22.2 Å². The van der Waals surface area contributed by atoms with E-state index in [0.29, 0.717) is 23.4 Å². The molecule has 0 unspecified atom stereocenters. The maximum atomic E-state index is 5.78. The van der Waals surface area contributed by atoms with Gasteiger partial charge in [-0.2, -0.15) is 0 Å². The first-order valence-electron chi connectivity index (χ1n) is 7.15. The number of nitrogen functional groups attached to an aromatic ring is 1. The second kappa shape index (κ2) is 6.59. The standard InChI is InChI=1S/C14H24N4O/c1-3-4-10-5-7-11(8-6-10)18-14-12(19-2)13(15)16-9-17-14/h9-11H,3-8H2,1-2H3,(H3,15,16,17,18). The molecule has 0 spiro atoms. The van der Waals surface area contributed by atoms with Gasteiger partial charge in [0.05, 0.1) is 7.11 Å². The topological polar surface area (TPSA) is 73.1 Å². The second-order valence-corrected chi connectivity index (χ2v) is 5.29. The van der Waals surface area contributed by atoms with Crippen LogP contribution in [-0.4, -0.2) is 23.1 Å². The molecular weight excluding hydrogens is 240 g/mol. The Labute approximate surface area is 115 Å². The number of hydrogen-bond acceptors (Lipinski definition) is 5. The van der Waals surface area contributed by atoms with E-state index in [1.807, 2.05) is 0 Å². The Hall–Kier alpha value is -1.52. The summed E-state index contributed by atoms with van der Waals surface area (Å²) in [5.41, 5.74) is 5.78. The third kappa shape index (κ3) is 3.49. The molecule has 1 aromatic heterocycles. The molecule has 0 saturated heterocycles. The molecule has 1 saturated carbocycles. The summed E-state index contributed by atoms with van der Waals surface area (Å²) in [4.78, 5) is 8.17. The van der Waals surface area contributed by atoms with Gasteiger partial charge in [-0.3, -0.25) is 0 Å². The number of anilines is 2. The highest BCUT2D eigenvalue weighted by atomic mass is 16.5. The number of aromatic nitrogens is 2. The second-order valence-electron chi connectivity index (χ2n) is 5.29. The summed E-state index contributed by atoms with van der Waals surface area (Å²) in [6, 6.07) is 0.469. The van der Waals surface area contributed by atoms with Gasteiger partial charge in [-0.1, -0.05) is 19.8 Å². The van der Waals surface area contributed by atoms with E-state index >= 15 is 0 Å². The van der Waals surface area contributed by atoms with Crippen molar-refractivity contribution in [3.8, 4) is 5.75 Å². The van der Waals surface area contributed by atoms with Crippen LogP contribution in [0.15, 0.2) is 6.33 Å². The quantitative estimate of drug-likeness (QED) is 0.855. The minimum atomic E-state index is 0.389. The van der Waals surface area contributed by atoms with Gasteiger partial charge in [0.1, 0.15) is 6.33 Å². The highest BCUT2D eigenvalue weighted by molar-refractivity contribution is 5.61. The third-order valence-electron chi connectivity index (χ3n) is 3.92. The molecule has 1 aliphatic rings. The van der Waals surface area contributed by atoms with E-state index in [0.717, 1.165) is 5.92 Å². The van der Waals surface area contributed by atoms with E-state index in [-0.39, 0.29) is 0 Å². The lowest BCUT2D eigenvalue weighted by atomic mass is 9.83. The Morgan fingerprint density at radius 1 is 1.32 bits per heavy atom. The molecule has 0 atom stereocenters. The molecule has 0 aromatic carbocycles. The highest BCUT2D eigenvalue weighted by Gasteiger charge is 2.22. The maximum Gasteiger partial charge on any atom is 0.203 e. The minimum Gasteiger partial charge on any atom is -0.490 e. The van der Waals surface area contributed by atoms with Crippen LogP contribution in [0.2, 0.25) is 0 Å². The molecule has 0 bridgehead atoms. The Balaban J connectivity index is 1.94. The van der Waals surface area contributed by atoms with E-state index in [1.54, 1.807) is 7.11 Å².